The van der Waals surface area contributed by atoms with E-state index in [1.807, 2.05) is 31.2 Å². The van der Waals surface area contributed by atoms with Crippen molar-refractivity contribution in [1.82, 2.24) is 20.2 Å². The Bertz CT molecular complexity index is 536. The predicted octanol–water partition coefficient (Wildman–Crippen LogP) is 0.988. The number of carboxylic acids is 1. The zero-order valence-electron chi connectivity index (χ0n) is 9.37. The van der Waals surface area contributed by atoms with Crippen molar-refractivity contribution in [2.45, 2.75) is 19.8 Å². The molecule has 0 bridgehead atoms. The third kappa shape index (κ3) is 2.66. The highest BCUT2D eigenvalue weighted by Gasteiger charge is 2.08. The molecule has 0 saturated carbocycles. The van der Waals surface area contributed by atoms with Gasteiger partial charge in [-0.05, 0) is 23.8 Å². The molecule has 0 radical (unpaired) electrons. The number of hydrogen-bond donors (Lipinski definition) is 1. The number of nitrogens with zero attached hydrogens (tertiary/aromatic N) is 4. The monoisotopic (exact) mass is 232 g/mol. The number of aliphatic carboxylic acids is 1. The van der Waals surface area contributed by atoms with Crippen LogP contribution in [0.1, 0.15) is 17.8 Å². The van der Waals surface area contributed by atoms with E-state index >= 15 is 0 Å². The van der Waals surface area contributed by atoms with E-state index in [2.05, 4.69) is 15.4 Å². The summed E-state index contributed by atoms with van der Waals surface area (Å²) in [6.07, 6.45) is 0.306. The molecule has 1 aromatic heterocycles. The summed E-state index contributed by atoms with van der Waals surface area (Å²) < 4.78 is 0. The van der Waals surface area contributed by atoms with Crippen LogP contribution in [0.3, 0.4) is 0 Å². The van der Waals surface area contributed by atoms with Gasteiger partial charge in [0, 0.05) is 6.42 Å². The highest BCUT2D eigenvalue weighted by Crippen LogP contribution is 2.10. The molecule has 88 valence electrons. The van der Waals surface area contributed by atoms with Crippen LogP contribution in [0.4, 0.5) is 0 Å². The molecular formula is C11H12N4O2. The van der Waals surface area contributed by atoms with E-state index in [-0.39, 0.29) is 6.42 Å². The minimum atomic E-state index is -0.864. The topological polar surface area (TPSA) is 80.9 Å². The Morgan fingerprint density at radius 2 is 2.18 bits per heavy atom. The fraction of sp³-hybridized carbons (Fsp3) is 0.273. The summed E-state index contributed by atoms with van der Waals surface area (Å²) in [6.45, 7) is 1.95. The van der Waals surface area contributed by atoms with Crippen molar-refractivity contribution in [3.05, 3.63) is 35.7 Å². The molecule has 0 aliphatic rings. The number of benzene rings is 1. The SMILES string of the molecule is Cc1ccccc1-n1nnc(CCC(=O)O)n1. The largest absolute Gasteiger partial charge is 0.481 e. The zero-order valence-corrected chi connectivity index (χ0v) is 9.37. The Labute approximate surface area is 97.9 Å². The fourth-order valence-corrected chi connectivity index (χ4v) is 1.45. The summed E-state index contributed by atoms with van der Waals surface area (Å²) in [6, 6.07) is 7.66. The first-order chi connectivity index (χ1) is 8.16. The van der Waals surface area contributed by atoms with Crippen LogP contribution in [-0.2, 0) is 11.2 Å². The highest BCUT2D eigenvalue weighted by atomic mass is 16.4. The molecule has 6 heteroatoms. The summed E-state index contributed by atoms with van der Waals surface area (Å²) in [5.41, 5.74) is 1.89. The lowest BCUT2D eigenvalue weighted by Gasteiger charge is -2.01. The second kappa shape index (κ2) is 4.73. The normalized spacial score (nSPS) is 10.4. The first-order valence-corrected chi connectivity index (χ1v) is 5.23. The van der Waals surface area contributed by atoms with Crippen molar-refractivity contribution < 1.29 is 9.90 Å². The minimum Gasteiger partial charge on any atom is -0.481 e. The molecule has 0 fully saturated rings. The van der Waals surface area contributed by atoms with Crippen molar-refractivity contribution in [1.29, 1.82) is 0 Å². The maximum Gasteiger partial charge on any atom is 0.303 e. The van der Waals surface area contributed by atoms with Gasteiger partial charge in [-0.1, -0.05) is 18.2 Å². The van der Waals surface area contributed by atoms with Gasteiger partial charge < -0.3 is 5.11 Å². The van der Waals surface area contributed by atoms with Crippen LogP contribution in [0.15, 0.2) is 24.3 Å². The van der Waals surface area contributed by atoms with Crippen LogP contribution < -0.4 is 0 Å². The smallest absolute Gasteiger partial charge is 0.303 e. The molecule has 0 atom stereocenters. The quantitative estimate of drug-likeness (QED) is 0.850. The van der Waals surface area contributed by atoms with E-state index in [1.54, 1.807) is 0 Å². The molecule has 0 aliphatic carbocycles. The second-order valence-corrected chi connectivity index (χ2v) is 3.68. The van der Waals surface area contributed by atoms with Gasteiger partial charge in [0.15, 0.2) is 5.82 Å². The number of hydrogen-bond acceptors (Lipinski definition) is 4. The van der Waals surface area contributed by atoms with Gasteiger partial charge in [-0.15, -0.1) is 15.0 Å². The van der Waals surface area contributed by atoms with E-state index in [0.29, 0.717) is 12.2 Å². The van der Waals surface area contributed by atoms with Crippen molar-refractivity contribution in [3.8, 4) is 5.69 Å². The zero-order chi connectivity index (χ0) is 12.3. The van der Waals surface area contributed by atoms with Gasteiger partial charge in [0.1, 0.15) is 0 Å². The number of aromatic nitrogens is 4. The third-order valence-electron chi connectivity index (χ3n) is 2.35. The number of aryl methyl sites for hydroxylation is 2. The summed E-state index contributed by atoms with van der Waals surface area (Å²) in [4.78, 5) is 11.8. The lowest BCUT2D eigenvalue weighted by molar-refractivity contribution is -0.137. The van der Waals surface area contributed by atoms with Crippen LogP contribution in [0.2, 0.25) is 0 Å². The summed E-state index contributed by atoms with van der Waals surface area (Å²) in [5.74, 6) is -0.423. The summed E-state index contributed by atoms with van der Waals surface area (Å²) in [5, 5.41) is 20.4. The van der Waals surface area contributed by atoms with E-state index < -0.39 is 5.97 Å². The molecule has 6 nitrogen and oxygen atoms in total. The van der Waals surface area contributed by atoms with Crippen molar-refractivity contribution >= 4 is 5.97 Å². The average molecular weight is 232 g/mol. The molecule has 0 unspecified atom stereocenters. The van der Waals surface area contributed by atoms with E-state index in [9.17, 15) is 4.79 Å². The second-order valence-electron chi connectivity index (χ2n) is 3.68. The van der Waals surface area contributed by atoms with Crippen LogP contribution in [-0.4, -0.2) is 31.3 Å². The van der Waals surface area contributed by atoms with E-state index in [4.69, 9.17) is 5.11 Å². The number of rotatable bonds is 4. The lowest BCUT2D eigenvalue weighted by Crippen LogP contribution is -2.02. The third-order valence-corrected chi connectivity index (χ3v) is 2.35. The number of carboxylic acid groups (broad SMARTS) is 1. The first-order valence-electron chi connectivity index (χ1n) is 5.23. The molecule has 1 aromatic carbocycles. The minimum absolute atomic E-state index is 0.0134. The predicted molar refractivity (Wildman–Crippen MR) is 59.8 cm³/mol. The molecular weight excluding hydrogens is 220 g/mol. The molecule has 2 aromatic rings. The summed E-state index contributed by atoms with van der Waals surface area (Å²) >= 11 is 0. The van der Waals surface area contributed by atoms with E-state index in [1.165, 1.54) is 4.80 Å². The Kier molecular flexibility index (Phi) is 3.13. The molecule has 0 spiro atoms. The molecule has 1 N–H and O–H groups in total. The Balaban J connectivity index is 2.18. The van der Waals surface area contributed by atoms with Gasteiger partial charge in [0.2, 0.25) is 0 Å². The van der Waals surface area contributed by atoms with Gasteiger partial charge in [0.25, 0.3) is 0 Å². The van der Waals surface area contributed by atoms with Crippen LogP contribution in [0, 0.1) is 6.92 Å². The molecule has 0 saturated heterocycles. The first kappa shape index (κ1) is 11.3. The van der Waals surface area contributed by atoms with E-state index in [0.717, 1.165) is 11.3 Å². The fourth-order valence-electron chi connectivity index (χ4n) is 1.45. The maximum atomic E-state index is 10.4. The molecule has 0 amide bonds. The lowest BCUT2D eigenvalue weighted by atomic mass is 10.2. The number of tetrazole rings is 1. The average Bonchev–Trinajstić information content (AvgIpc) is 2.75. The van der Waals surface area contributed by atoms with Crippen molar-refractivity contribution in [2.24, 2.45) is 0 Å². The Hall–Kier alpha value is -2.24. The van der Waals surface area contributed by atoms with Crippen molar-refractivity contribution in [3.63, 3.8) is 0 Å². The highest BCUT2D eigenvalue weighted by molar-refractivity contribution is 5.66. The van der Waals surface area contributed by atoms with Gasteiger partial charge >= 0.3 is 5.97 Å². The van der Waals surface area contributed by atoms with Crippen LogP contribution >= 0.6 is 0 Å². The maximum absolute atomic E-state index is 10.4. The van der Waals surface area contributed by atoms with Gasteiger partial charge in [-0.2, -0.15) is 0 Å². The van der Waals surface area contributed by atoms with Gasteiger partial charge in [-0.3, -0.25) is 4.79 Å². The molecule has 0 aliphatic heterocycles. The number of para-hydroxylation sites is 1. The molecule has 2 rings (SSSR count). The number of carbonyl (C=O) groups is 1. The Morgan fingerprint density at radius 1 is 1.41 bits per heavy atom. The standard InChI is InChI=1S/C11H12N4O2/c1-8-4-2-3-5-9(8)15-13-10(12-14-15)6-7-11(16)17/h2-5H,6-7H2,1H3,(H,16,17). The van der Waals surface area contributed by atoms with Crippen molar-refractivity contribution in [2.75, 3.05) is 0 Å². The summed E-state index contributed by atoms with van der Waals surface area (Å²) in [7, 11) is 0. The van der Waals surface area contributed by atoms with Crippen LogP contribution in [0.5, 0.6) is 0 Å². The van der Waals surface area contributed by atoms with Crippen LogP contribution in [0.25, 0.3) is 5.69 Å². The molecule has 1 heterocycles. The van der Waals surface area contributed by atoms with Gasteiger partial charge in [0.05, 0.1) is 12.1 Å². The Morgan fingerprint density at radius 3 is 2.88 bits per heavy atom. The molecule has 17 heavy (non-hydrogen) atoms. The van der Waals surface area contributed by atoms with Gasteiger partial charge in [-0.25, -0.2) is 0 Å².